The number of carbonyl (C=O) groups excluding carboxylic acids is 1. The Bertz CT molecular complexity index is 340. The molecule has 19 heavy (non-hydrogen) atoms. The first-order chi connectivity index (χ1) is 9.18. The number of unbranched alkanes of at least 4 members (excludes halogenated alkanes) is 1. The molecule has 1 fully saturated rings. The second kappa shape index (κ2) is 6.44. The molecule has 2 atom stereocenters. The molecule has 0 radical (unpaired) electrons. The fourth-order valence-corrected chi connectivity index (χ4v) is 3.46. The van der Waals surface area contributed by atoms with Gasteiger partial charge in [0.2, 0.25) is 0 Å². The molecule has 1 saturated heterocycles. The highest BCUT2D eigenvalue weighted by Crippen LogP contribution is 2.44. The molecule has 1 aliphatic heterocycles. The first kappa shape index (κ1) is 14.4. The first-order valence-corrected chi connectivity index (χ1v) is 7.86. The minimum absolute atomic E-state index is 0.147. The lowest BCUT2D eigenvalue weighted by atomic mass is 9.65. The van der Waals surface area contributed by atoms with Crippen LogP contribution in [0.3, 0.4) is 0 Å². The minimum Gasteiger partial charge on any atom is -0.338 e. The Balaban J connectivity index is 1.93. The zero-order valence-electron chi connectivity index (χ0n) is 12.5. The predicted molar refractivity (Wildman–Crippen MR) is 79.1 cm³/mol. The van der Waals surface area contributed by atoms with Crippen LogP contribution in [0.5, 0.6) is 0 Å². The molecule has 108 valence electrons. The van der Waals surface area contributed by atoms with Crippen molar-refractivity contribution in [1.82, 2.24) is 10.2 Å². The number of nitrogens with zero attached hydrogens (tertiary/aromatic N) is 1. The van der Waals surface area contributed by atoms with Crippen LogP contribution in [0, 0.1) is 11.3 Å². The molecule has 0 bridgehead atoms. The largest absolute Gasteiger partial charge is 0.338 e. The summed E-state index contributed by atoms with van der Waals surface area (Å²) in [6.45, 7) is 7.18. The summed E-state index contributed by atoms with van der Waals surface area (Å²) in [5.74, 6) is 0.698. The third-order valence-corrected chi connectivity index (χ3v) is 4.93. The van der Waals surface area contributed by atoms with E-state index in [1.165, 1.54) is 12.8 Å². The summed E-state index contributed by atoms with van der Waals surface area (Å²) < 4.78 is 0. The first-order valence-electron chi connectivity index (χ1n) is 7.86. The lowest BCUT2D eigenvalue weighted by Gasteiger charge is -2.47. The summed E-state index contributed by atoms with van der Waals surface area (Å²) in [5.41, 5.74) is 0.342. The van der Waals surface area contributed by atoms with Crippen LogP contribution in [0.4, 0.5) is 4.79 Å². The van der Waals surface area contributed by atoms with Crippen LogP contribution >= 0.6 is 0 Å². The van der Waals surface area contributed by atoms with Gasteiger partial charge in [-0.3, -0.25) is 0 Å². The maximum atomic E-state index is 12.2. The Labute approximate surface area is 117 Å². The molecule has 1 heterocycles. The SMILES string of the molecule is CCCCNC(=O)N1CCCC2(CC=CCC2C)C1. The van der Waals surface area contributed by atoms with E-state index in [-0.39, 0.29) is 6.03 Å². The van der Waals surface area contributed by atoms with E-state index in [9.17, 15) is 4.79 Å². The fraction of sp³-hybridized carbons (Fsp3) is 0.812. The van der Waals surface area contributed by atoms with Gasteiger partial charge in [0.1, 0.15) is 0 Å². The number of nitrogens with one attached hydrogen (secondary N) is 1. The van der Waals surface area contributed by atoms with Crippen LogP contribution in [-0.4, -0.2) is 30.6 Å². The van der Waals surface area contributed by atoms with Crippen molar-refractivity contribution < 1.29 is 4.79 Å². The number of likely N-dealkylation sites (tertiary alicyclic amines) is 1. The van der Waals surface area contributed by atoms with Crippen molar-refractivity contribution in [3.05, 3.63) is 12.2 Å². The van der Waals surface area contributed by atoms with Crippen molar-refractivity contribution in [2.24, 2.45) is 11.3 Å². The van der Waals surface area contributed by atoms with Crippen LogP contribution < -0.4 is 5.32 Å². The van der Waals surface area contributed by atoms with E-state index in [1.807, 2.05) is 0 Å². The molecule has 2 aliphatic rings. The molecule has 3 nitrogen and oxygen atoms in total. The molecule has 1 aliphatic carbocycles. The van der Waals surface area contributed by atoms with Crippen molar-refractivity contribution in [2.45, 2.75) is 52.4 Å². The third kappa shape index (κ3) is 3.31. The lowest BCUT2D eigenvalue weighted by Crippen LogP contribution is -2.52. The molecule has 1 N–H and O–H groups in total. The van der Waals surface area contributed by atoms with Gasteiger partial charge in [0.05, 0.1) is 0 Å². The Hall–Kier alpha value is -0.990. The van der Waals surface area contributed by atoms with E-state index in [0.29, 0.717) is 11.3 Å². The normalized spacial score (nSPS) is 30.6. The zero-order chi connectivity index (χ0) is 13.7. The molecule has 2 unspecified atom stereocenters. The smallest absolute Gasteiger partial charge is 0.317 e. The average molecular weight is 264 g/mol. The van der Waals surface area contributed by atoms with Gasteiger partial charge in [0.25, 0.3) is 0 Å². The highest BCUT2D eigenvalue weighted by molar-refractivity contribution is 5.74. The van der Waals surface area contributed by atoms with Gasteiger partial charge < -0.3 is 10.2 Å². The second-order valence-electron chi connectivity index (χ2n) is 6.29. The Morgan fingerprint density at radius 1 is 1.47 bits per heavy atom. The lowest BCUT2D eigenvalue weighted by molar-refractivity contribution is 0.0564. The average Bonchev–Trinajstić information content (AvgIpc) is 2.43. The number of hydrogen-bond acceptors (Lipinski definition) is 1. The van der Waals surface area contributed by atoms with Gasteiger partial charge in [-0.1, -0.05) is 32.4 Å². The number of amides is 2. The number of piperidine rings is 1. The Kier molecular flexibility index (Phi) is 4.89. The molecule has 0 aromatic carbocycles. The van der Waals surface area contributed by atoms with E-state index >= 15 is 0 Å². The highest BCUT2D eigenvalue weighted by Gasteiger charge is 2.41. The van der Waals surface area contributed by atoms with E-state index in [1.54, 1.807) is 0 Å². The van der Waals surface area contributed by atoms with E-state index < -0.39 is 0 Å². The topological polar surface area (TPSA) is 32.3 Å². The standard InChI is InChI=1S/C16H28N2O/c1-3-4-11-17-15(19)18-12-7-10-16(13-18)9-6-5-8-14(16)2/h5-6,14H,3-4,7-13H2,1-2H3,(H,17,19). The van der Waals surface area contributed by atoms with Crippen LogP contribution in [0.15, 0.2) is 12.2 Å². The molecule has 3 heteroatoms. The summed E-state index contributed by atoms with van der Waals surface area (Å²) in [6.07, 6.45) is 11.6. The van der Waals surface area contributed by atoms with Crippen molar-refractivity contribution in [1.29, 1.82) is 0 Å². The minimum atomic E-state index is 0.147. The molecule has 2 amide bonds. The van der Waals surface area contributed by atoms with Crippen LogP contribution in [0.25, 0.3) is 0 Å². The second-order valence-corrected chi connectivity index (χ2v) is 6.29. The van der Waals surface area contributed by atoms with Crippen molar-refractivity contribution >= 4 is 6.03 Å². The Morgan fingerprint density at radius 3 is 3.05 bits per heavy atom. The molecular formula is C16H28N2O. The fourth-order valence-electron chi connectivity index (χ4n) is 3.46. The van der Waals surface area contributed by atoms with E-state index in [0.717, 1.165) is 45.3 Å². The number of carbonyl (C=O) groups is 1. The number of rotatable bonds is 3. The number of hydrogen-bond donors (Lipinski definition) is 1. The molecule has 0 saturated carbocycles. The summed E-state index contributed by atoms with van der Waals surface area (Å²) in [7, 11) is 0. The van der Waals surface area contributed by atoms with Gasteiger partial charge in [-0.15, -0.1) is 0 Å². The number of allylic oxidation sites excluding steroid dienone is 2. The van der Waals surface area contributed by atoms with Crippen molar-refractivity contribution in [2.75, 3.05) is 19.6 Å². The summed E-state index contributed by atoms with van der Waals surface area (Å²) in [4.78, 5) is 14.3. The quantitative estimate of drug-likeness (QED) is 0.613. The molecular weight excluding hydrogens is 236 g/mol. The number of urea groups is 1. The monoisotopic (exact) mass is 264 g/mol. The molecule has 0 aromatic rings. The van der Waals surface area contributed by atoms with Gasteiger partial charge in [0.15, 0.2) is 0 Å². The molecule has 2 rings (SSSR count). The molecule has 0 aromatic heterocycles. The van der Waals surface area contributed by atoms with Gasteiger partial charge >= 0.3 is 6.03 Å². The van der Waals surface area contributed by atoms with Crippen LogP contribution in [0.1, 0.15) is 52.4 Å². The van der Waals surface area contributed by atoms with Gasteiger partial charge in [-0.05, 0) is 43.4 Å². The van der Waals surface area contributed by atoms with Crippen molar-refractivity contribution in [3.8, 4) is 0 Å². The summed E-state index contributed by atoms with van der Waals surface area (Å²) >= 11 is 0. The van der Waals surface area contributed by atoms with Gasteiger partial charge in [-0.2, -0.15) is 0 Å². The third-order valence-electron chi connectivity index (χ3n) is 4.93. The van der Waals surface area contributed by atoms with Gasteiger partial charge in [0, 0.05) is 19.6 Å². The molecule has 1 spiro atoms. The maximum Gasteiger partial charge on any atom is 0.317 e. The summed E-state index contributed by atoms with van der Waals surface area (Å²) in [5, 5.41) is 3.06. The zero-order valence-corrected chi connectivity index (χ0v) is 12.5. The van der Waals surface area contributed by atoms with E-state index in [4.69, 9.17) is 0 Å². The van der Waals surface area contributed by atoms with Gasteiger partial charge in [-0.25, -0.2) is 4.79 Å². The highest BCUT2D eigenvalue weighted by atomic mass is 16.2. The van der Waals surface area contributed by atoms with Crippen molar-refractivity contribution in [3.63, 3.8) is 0 Å². The summed E-state index contributed by atoms with van der Waals surface area (Å²) in [6, 6.07) is 0.147. The maximum absolute atomic E-state index is 12.2. The predicted octanol–water partition coefficient (Wildman–Crippen LogP) is 3.56. The van der Waals surface area contributed by atoms with Crippen LogP contribution in [0.2, 0.25) is 0 Å². The Morgan fingerprint density at radius 2 is 2.32 bits per heavy atom. The van der Waals surface area contributed by atoms with E-state index in [2.05, 4.69) is 36.2 Å². The van der Waals surface area contributed by atoms with Crippen LogP contribution in [-0.2, 0) is 0 Å².